The maximum atomic E-state index is 15.0. The number of hydrogen-bond acceptors (Lipinski definition) is 4. The van der Waals surface area contributed by atoms with Gasteiger partial charge >= 0.3 is 0 Å². The smallest absolute Gasteiger partial charge is 0.275 e. The van der Waals surface area contributed by atoms with E-state index >= 15 is 0 Å². The van der Waals surface area contributed by atoms with Gasteiger partial charge < -0.3 is 10.2 Å². The lowest BCUT2D eigenvalue weighted by molar-refractivity contribution is -0.0257. The number of rotatable bonds is 3. The zero-order valence-corrected chi connectivity index (χ0v) is 19.8. The highest BCUT2D eigenvalue weighted by molar-refractivity contribution is 6.04. The number of anilines is 1. The molecule has 2 aliphatic rings. The van der Waals surface area contributed by atoms with Crippen LogP contribution >= 0.6 is 0 Å². The molecule has 1 amide bonds. The van der Waals surface area contributed by atoms with Crippen LogP contribution in [0.5, 0.6) is 0 Å². The molecule has 1 N–H and O–H groups in total. The second-order valence-electron chi connectivity index (χ2n) is 9.20. The molecule has 5 rings (SSSR count). The highest BCUT2D eigenvalue weighted by atomic mass is 19.3. The minimum Gasteiger partial charge on any atom is -0.322 e. The minimum absolute atomic E-state index is 0.0489. The van der Waals surface area contributed by atoms with Crippen LogP contribution in [0, 0.1) is 17.7 Å². The first kappa shape index (κ1) is 24.0. The summed E-state index contributed by atoms with van der Waals surface area (Å²) in [7, 11) is 2.03. The van der Waals surface area contributed by atoms with Crippen molar-refractivity contribution < 1.29 is 18.0 Å². The van der Waals surface area contributed by atoms with E-state index in [1.807, 2.05) is 7.05 Å². The van der Waals surface area contributed by atoms with E-state index in [0.717, 1.165) is 26.2 Å². The number of piperazine rings is 1. The van der Waals surface area contributed by atoms with Gasteiger partial charge in [-0.25, -0.2) is 13.2 Å². The number of carbonyl (C=O) groups excluding carboxylic acids is 1. The molecule has 0 spiro atoms. The molecule has 2 heterocycles. The molecule has 184 valence electrons. The van der Waals surface area contributed by atoms with Crippen molar-refractivity contribution in [3.8, 4) is 11.8 Å². The van der Waals surface area contributed by atoms with E-state index in [1.54, 1.807) is 36.7 Å². The molecule has 1 aromatic heterocycles. The van der Waals surface area contributed by atoms with Crippen molar-refractivity contribution in [3.05, 3.63) is 94.6 Å². The van der Waals surface area contributed by atoms with E-state index in [-0.39, 0.29) is 34.8 Å². The largest absolute Gasteiger partial charge is 0.322 e. The molecule has 5 nitrogen and oxygen atoms in total. The van der Waals surface area contributed by atoms with Crippen molar-refractivity contribution in [1.29, 1.82) is 0 Å². The van der Waals surface area contributed by atoms with E-state index in [4.69, 9.17) is 0 Å². The second kappa shape index (κ2) is 9.76. The predicted octanol–water partition coefficient (Wildman–Crippen LogP) is 4.66. The van der Waals surface area contributed by atoms with Crippen LogP contribution in [-0.4, -0.2) is 53.9 Å². The van der Waals surface area contributed by atoms with Gasteiger partial charge in [-0.05, 0) is 55.1 Å². The molecule has 1 saturated heterocycles. The quantitative estimate of drug-likeness (QED) is 0.543. The van der Waals surface area contributed by atoms with Crippen LogP contribution in [0.1, 0.15) is 45.1 Å². The lowest BCUT2D eigenvalue weighted by atomic mass is 10.0. The van der Waals surface area contributed by atoms with E-state index in [1.165, 1.54) is 24.3 Å². The molecular formula is C28H25F3N4O. The topological polar surface area (TPSA) is 48.5 Å². The summed E-state index contributed by atoms with van der Waals surface area (Å²) in [5.74, 6) is 1.51. The van der Waals surface area contributed by atoms with E-state index in [2.05, 4.69) is 31.9 Å². The molecule has 1 fully saturated rings. The van der Waals surface area contributed by atoms with Crippen LogP contribution in [0.15, 0.2) is 60.9 Å². The molecule has 36 heavy (non-hydrogen) atoms. The normalized spacial score (nSPS) is 19.3. The molecular weight excluding hydrogens is 465 g/mol. The van der Waals surface area contributed by atoms with Gasteiger partial charge in [0.1, 0.15) is 5.82 Å². The summed E-state index contributed by atoms with van der Waals surface area (Å²) in [6.45, 7) is 3.18. The molecule has 0 bridgehead atoms. The third-order valence-corrected chi connectivity index (χ3v) is 6.74. The number of likely N-dealkylation sites (N-methyl/N-ethyl adjacent to an activating group) is 1. The number of nitrogens with one attached hydrogen (secondary N) is 1. The van der Waals surface area contributed by atoms with Crippen molar-refractivity contribution in [3.63, 3.8) is 0 Å². The zero-order valence-electron chi connectivity index (χ0n) is 19.8. The lowest BCUT2D eigenvalue weighted by Crippen LogP contribution is -2.45. The summed E-state index contributed by atoms with van der Waals surface area (Å²) in [6, 6.07) is 11.6. The number of fused-ring (bicyclic) bond motifs is 1. The third kappa shape index (κ3) is 4.99. The average molecular weight is 491 g/mol. The second-order valence-corrected chi connectivity index (χ2v) is 9.20. The van der Waals surface area contributed by atoms with Crippen molar-refractivity contribution in [2.75, 3.05) is 38.5 Å². The highest BCUT2D eigenvalue weighted by Gasteiger charge is 2.47. The van der Waals surface area contributed by atoms with Crippen LogP contribution in [0.25, 0.3) is 0 Å². The maximum Gasteiger partial charge on any atom is 0.275 e. The van der Waals surface area contributed by atoms with E-state index in [9.17, 15) is 18.0 Å². The summed E-state index contributed by atoms with van der Waals surface area (Å²) in [4.78, 5) is 21.1. The number of amides is 1. The van der Waals surface area contributed by atoms with Gasteiger partial charge in [0, 0.05) is 73.4 Å². The Labute approximate surface area is 207 Å². The van der Waals surface area contributed by atoms with Crippen LogP contribution < -0.4 is 5.32 Å². The Balaban J connectivity index is 1.35. The van der Waals surface area contributed by atoms with Gasteiger partial charge in [0.15, 0.2) is 0 Å². The van der Waals surface area contributed by atoms with Crippen molar-refractivity contribution >= 4 is 11.6 Å². The van der Waals surface area contributed by atoms with Gasteiger partial charge in [-0.1, -0.05) is 17.9 Å². The maximum absolute atomic E-state index is 15.0. The standard InChI is InChI=1S/C28H25F3N4O/c1-34-12-14-35(15-13-34)26-18-28(30,31)24-17-22(5-6-23(24)26)33-27(36)21-4-7-25(29)20(16-21)3-2-19-8-10-32-11-9-19/h4-11,16-17,26H,12-15,18H2,1H3,(H,33,36). The van der Waals surface area contributed by atoms with Gasteiger partial charge in [0.05, 0.1) is 5.56 Å². The summed E-state index contributed by atoms with van der Waals surface area (Å²) >= 11 is 0. The zero-order chi connectivity index (χ0) is 25.3. The first-order valence-electron chi connectivity index (χ1n) is 11.8. The van der Waals surface area contributed by atoms with Gasteiger partial charge in [0.2, 0.25) is 0 Å². The fourth-order valence-electron chi connectivity index (χ4n) is 4.70. The molecule has 3 aromatic rings. The number of benzene rings is 2. The van der Waals surface area contributed by atoms with Gasteiger partial charge in [0.25, 0.3) is 11.8 Å². The van der Waals surface area contributed by atoms with Crippen LogP contribution in [0.2, 0.25) is 0 Å². The number of carbonyl (C=O) groups is 1. The number of hydrogen-bond donors (Lipinski definition) is 1. The monoisotopic (exact) mass is 490 g/mol. The van der Waals surface area contributed by atoms with Gasteiger partial charge in [-0.3, -0.25) is 14.7 Å². The first-order valence-corrected chi connectivity index (χ1v) is 11.8. The van der Waals surface area contributed by atoms with Crippen LogP contribution in [0.3, 0.4) is 0 Å². The van der Waals surface area contributed by atoms with Crippen molar-refractivity contribution in [2.24, 2.45) is 0 Å². The summed E-state index contributed by atoms with van der Waals surface area (Å²) in [5, 5.41) is 2.67. The fourth-order valence-corrected chi connectivity index (χ4v) is 4.70. The van der Waals surface area contributed by atoms with E-state index in [0.29, 0.717) is 11.1 Å². The lowest BCUT2D eigenvalue weighted by Gasteiger charge is -2.36. The average Bonchev–Trinajstić information content (AvgIpc) is 3.14. The van der Waals surface area contributed by atoms with Gasteiger partial charge in [-0.15, -0.1) is 0 Å². The van der Waals surface area contributed by atoms with E-state index < -0.39 is 17.6 Å². The number of alkyl halides is 2. The van der Waals surface area contributed by atoms with Crippen LogP contribution in [-0.2, 0) is 5.92 Å². The highest BCUT2D eigenvalue weighted by Crippen LogP contribution is 2.50. The molecule has 2 aromatic carbocycles. The Morgan fingerprint density at radius 1 is 1.03 bits per heavy atom. The Kier molecular flexibility index (Phi) is 6.52. The molecule has 1 unspecified atom stereocenters. The van der Waals surface area contributed by atoms with Crippen LogP contribution in [0.4, 0.5) is 18.9 Å². The third-order valence-electron chi connectivity index (χ3n) is 6.74. The molecule has 8 heteroatoms. The number of halogens is 3. The Morgan fingerprint density at radius 3 is 2.53 bits per heavy atom. The molecule has 0 radical (unpaired) electrons. The molecule has 1 atom stereocenters. The SMILES string of the molecule is CN1CCN(C2CC(F)(F)c3cc(NC(=O)c4ccc(F)c(C#Cc5ccncc5)c4)ccc32)CC1. The first-order chi connectivity index (χ1) is 17.3. The summed E-state index contributed by atoms with van der Waals surface area (Å²) < 4.78 is 44.2. The Bertz CT molecular complexity index is 1340. The Hall–Kier alpha value is -3.67. The predicted molar refractivity (Wildman–Crippen MR) is 131 cm³/mol. The van der Waals surface area contributed by atoms with Crippen molar-refractivity contribution in [1.82, 2.24) is 14.8 Å². The Morgan fingerprint density at radius 2 is 1.78 bits per heavy atom. The molecule has 1 aliphatic heterocycles. The fraction of sp³-hybridized carbons (Fsp3) is 0.286. The summed E-state index contributed by atoms with van der Waals surface area (Å²) in [6.07, 6.45) is 2.90. The summed E-state index contributed by atoms with van der Waals surface area (Å²) in [5.41, 5.74) is 1.73. The molecule has 1 aliphatic carbocycles. The number of aromatic nitrogens is 1. The molecule has 0 saturated carbocycles. The number of nitrogens with zero attached hydrogens (tertiary/aromatic N) is 3. The minimum atomic E-state index is -2.98. The van der Waals surface area contributed by atoms with Gasteiger partial charge in [-0.2, -0.15) is 0 Å². The number of pyridine rings is 1. The van der Waals surface area contributed by atoms with Crippen molar-refractivity contribution in [2.45, 2.75) is 18.4 Å².